The molecule has 0 spiro atoms. The summed E-state index contributed by atoms with van der Waals surface area (Å²) in [5.74, 6) is -0.575. The highest BCUT2D eigenvalue weighted by Crippen LogP contribution is 2.27. The highest BCUT2D eigenvalue weighted by Gasteiger charge is 2.28. The van der Waals surface area contributed by atoms with Crippen LogP contribution in [-0.2, 0) is 14.8 Å². The predicted molar refractivity (Wildman–Crippen MR) is 119 cm³/mol. The third kappa shape index (κ3) is 5.45. The first-order chi connectivity index (χ1) is 15.2. The van der Waals surface area contributed by atoms with Crippen LogP contribution in [0.2, 0.25) is 0 Å². The fourth-order valence-electron chi connectivity index (χ4n) is 2.85. The van der Waals surface area contributed by atoms with Gasteiger partial charge in [-0.1, -0.05) is 54.6 Å². The van der Waals surface area contributed by atoms with Crippen LogP contribution in [0.25, 0.3) is 0 Å². The van der Waals surface area contributed by atoms with Gasteiger partial charge in [-0.15, -0.1) is 0 Å². The molecule has 8 nitrogen and oxygen atoms in total. The van der Waals surface area contributed by atoms with Gasteiger partial charge in [0.1, 0.15) is 5.75 Å². The molecule has 0 amide bonds. The van der Waals surface area contributed by atoms with Crippen molar-refractivity contribution in [2.75, 3.05) is 0 Å². The number of nitrogens with one attached hydrogen (secondary N) is 1. The number of hydrogen-bond acceptors (Lipinski definition) is 6. The molecule has 3 aromatic carbocycles. The van der Waals surface area contributed by atoms with Crippen LogP contribution < -0.4 is 9.46 Å². The third-order valence-corrected chi connectivity index (χ3v) is 6.04. The number of carbonyl (C=O) groups excluding carboxylic acids is 1. The Morgan fingerprint density at radius 2 is 1.59 bits per heavy atom. The fraction of sp³-hybridized carbons (Fsp3) is 0.0870. The molecular formula is C23H20N2O6S. The third-order valence-electron chi connectivity index (χ3n) is 4.61. The van der Waals surface area contributed by atoms with E-state index in [2.05, 4.69) is 11.3 Å². The summed E-state index contributed by atoms with van der Waals surface area (Å²) in [6.07, 6.45) is 0. The molecule has 0 radical (unpaired) electrons. The lowest BCUT2D eigenvalue weighted by atomic mass is 10.0. The molecule has 0 heterocycles. The van der Waals surface area contributed by atoms with Crippen molar-refractivity contribution < 1.29 is 22.9 Å². The smallest absolute Gasteiger partial charge is 0.340 e. The number of rotatable bonds is 8. The Kier molecular flexibility index (Phi) is 6.82. The van der Waals surface area contributed by atoms with E-state index in [1.165, 1.54) is 36.4 Å². The highest BCUT2D eigenvalue weighted by atomic mass is 32.2. The van der Waals surface area contributed by atoms with E-state index in [1.54, 1.807) is 42.5 Å². The van der Waals surface area contributed by atoms with Crippen molar-refractivity contribution in [1.29, 1.82) is 0 Å². The maximum absolute atomic E-state index is 13.0. The van der Waals surface area contributed by atoms with Crippen LogP contribution in [0.3, 0.4) is 0 Å². The predicted octanol–water partition coefficient (Wildman–Crippen LogP) is 4.08. The number of carbonyl (C=O) groups is 1. The number of aryl methyl sites for hydroxylation is 1. The van der Waals surface area contributed by atoms with Crippen LogP contribution in [0.4, 0.5) is 5.69 Å². The minimum absolute atomic E-state index is 0.000705. The number of nitrogens with zero attached hydrogens (tertiary/aromatic N) is 1. The first-order valence-corrected chi connectivity index (χ1v) is 10.9. The number of non-ortho nitro benzene ring substituents is 1. The van der Waals surface area contributed by atoms with Crippen molar-refractivity contribution in [3.8, 4) is 5.75 Å². The molecule has 0 aliphatic heterocycles. The van der Waals surface area contributed by atoms with E-state index in [0.29, 0.717) is 5.56 Å². The van der Waals surface area contributed by atoms with Gasteiger partial charge in [0.2, 0.25) is 10.0 Å². The summed E-state index contributed by atoms with van der Waals surface area (Å²) in [7, 11) is -4.05. The normalized spacial score (nSPS) is 12.0. The van der Waals surface area contributed by atoms with Crippen LogP contribution >= 0.6 is 0 Å². The SMILES string of the molecule is C=C(C(=O)Oc1ccccc1)C(NS(=O)(=O)c1ccc(C)cc1)c1ccc([N+](=O)[O-])cc1. The fourth-order valence-corrected chi connectivity index (χ4v) is 4.07. The Hall–Kier alpha value is -3.82. The molecule has 0 fully saturated rings. The summed E-state index contributed by atoms with van der Waals surface area (Å²) in [6, 6.07) is 18.4. The second kappa shape index (κ2) is 9.54. The van der Waals surface area contributed by atoms with Gasteiger partial charge in [-0.05, 0) is 36.8 Å². The van der Waals surface area contributed by atoms with E-state index >= 15 is 0 Å². The first-order valence-electron chi connectivity index (χ1n) is 9.47. The van der Waals surface area contributed by atoms with Gasteiger partial charge in [0.05, 0.1) is 21.4 Å². The molecule has 0 aromatic heterocycles. The Morgan fingerprint density at radius 1 is 1.00 bits per heavy atom. The van der Waals surface area contributed by atoms with Gasteiger partial charge in [-0.2, -0.15) is 4.72 Å². The van der Waals surface area contributed by atoms with E-state index < -0.39 is 27.0 Å². The molecule has 0 aliphatic rings. The summed E-state index contributed by atoms with van der Waals surface area (Å²) in [5, 5.41) is 11.0. The maximum Gasteiger partial charge on any atom is 0.340 e. The summed E-state index contributed by atoms with van der Waals surface area (Å²) in [4.78, 5) is 23.1. The Bertz CT molecular complexity index is 1240. The van der Waals surface area contributed by atoms with Crippen LogP contribution in [-0.4, -0.2) is 19.3 Å². The number of para-hydroxylation sites is 1. The van der Waals surface area contributed by atoms with Gasteiger partial charge in [-0.25, -0.2) is 13.2 Å². The van der Waals surface area contributed by atoms with Crippen LogP contribution in [0.15, 0.2) is 95.9 Å². The van der Waals surface area contributed by atoms with E-state index in [9.17, 15) is 23.3 Å². The molecule has 3 rings (SSSR count). The average molecular weight is 452 g/mol. The molecule has 9 heteroatoms. The minimum Gasteiger partial charge on any atom is -0.423 e. The van der Waals surface area contributed by atoms with Crippen molar-refractivity contribution in [2.24, 2.45) is 0 Å². The zero-order valence-electron chi connectivity index (χ0n) is 17.1. The molecule has 3 aromatic rings. The van der Waals surface area contributed by atoms with Gasteiger partial charge in [0.15, 0.2) is 0 Å². The molecule has 164 valence electrons. The standard InChI is InChI=1S/C23H20N2O6S/c1-16-8-14-21(15-9-16)32(29,30)24-22(18-10-12-19(13-11-18)25(27)28)17(2)23(26)31-20-6-4-3-5-7-20/h3-15,22,24H,2H2,1H3. The number of esters is 1. The topological polar surface area (TPSA) is 116 Å². The summed E-state index contributed by atoms with van der Waals surface area (Å²) >= 11 is 0. The molecule has 1 N–H and O–H groups in total. The van der Waals surface area contributed by atoms with E-state index in [0.717, 1.165) is 5.56 Å². The van der Waals surface area contributed by atoms with Crippen molar-refractivity contribution in [3.63, 3.8) is 0 Å². The van der Waals surface area contributed by atoms with Crippen molar-refractivity contribution in [1.82, 2.24) is 4.72 Å². The van der Waals surface area contributed by atoms with Gasteiger partial charge in [-0.3, -0.25) is 10.1 Å². The van der Waals surface area contributed by atoms with E-state index in [1.807, 2.05) is 6.92 Å². The lowest BCUT2D eigenvalue weighted by Gasteiger charge is -2.21. The number of nitro groups is 1. The second-order valence-electron chi connectivity index (χ2n) is 6.94. The average Bonchev–Trinajstić information content (AvgIpc) is 2.78. The lowest BCUT2D eigenvalue weighted by molar-refractivity contribution is -0.384. The zero-order chi connectivity index (χ0) is 23.3. The molecule has 0 aliphatic carbocycles. The zero-order valence-corrected chi connectivity index (χ0v) is 17.9. The van der Waals surface area contributed by atoms with Gasteiger partial charge in [0, 0.05) is 12.1 Å². The largest absolute Gasteiger partial charge is 0.423 e. The molecule has 0 saturated carbocycles. The number of ether oxygens (including phenoxy) is 1. The first kappa shape index (κ1) is 22.9. The maximum atomic E-state index is 13.0. The van der Waals surface area contributed by atoms with Crippen molar-refractivity contribution >= 4 is 21.7 Å². The Labute approximate surface area is 185 Å². The van der Waals surface area contributed by atoms with Gasteiger partial charge < -0.3 is 4.74 Å². The Balaban J connectivity index is 1.95. The van der Waals surface area contributed by atoms with Gasteiger partial charge in [0.25, 0.3) is 5.69 Å². The molecule has 32 heavy (non-hydrogen) atoms. The van der Waals surface area contributed by atoms with Gasteiger partial charge >= 0.3 is 5.97 Å². The summed E-state index contributed by atoms with van der Waals surface area (Å²) in [5.41, 5.74) is 0.817. The molecule has 0 saturated heterocycles. The highest BCUT2D eigenvalue weighted by molar-refractivity contribution is 7.89. The number of nitro benzene ring substituents is 1. The summed E-state index contributed by atoms with van der Waals surface area (Å²) < 4.78 is 33.7. The molecule has 0 bridgehead atoms. The molecule has 1 unspecified atom stereocenters. The van der Waals surface area contributed by atoms with Crippen LogP contribution in [0.5, 0.6) is 5.75 Å². The Morgan fingerprint density at radius 3 is 2.16 bits per heavy atom. The molecular weight excluding hydrogens is 432 g/mol. The monoisotopic (exact) mass is 452 g/mol. The second-order valence-corrected chi connectivity index (χ2v) is 8.66. The summed E-state index contributed by atoms with van der Waals surface area (Å²) in [6.45, 7) is 5.57. The van der Waals surface area contributed by atoms with Crippen LogP contribution in [0.1, 0.15) is 17.2 Å². The lowest BCUT2D eigenvalue weighted by Crippen LogP contribution is -2.33. The quantitative estimate of drug-likeness (QED) is 0.181. The number of hydrogen-bond donors (Lipinski definition) is 1. The van der Waals surface area contributed by atoms with Crippen molar-refractivity contribution in [2.45, 2.75) is 17.9 Å². The van der Waals surface area contributed by atoms with E-state index in [4.69, 9.17) is 4.74 Å². The minimum atomic E-state index is -4.05. The van der Waals surface area contributed by atoms with Crippen molar-refractivity contribution in [3.05, 3.63) is 112 Å². The number of benzene rings is 3. The van der Waals surface area contributed by atoms with E-state index in [-0.39, 0.29) is 21.9 Å². The number of sulfonamides is 1. The molecule has 1 atom stereocenters. The van der Waals surface area contributed by atoms with Crippen LogP contribution in [0, 0.1) is 17.0 Å².